The summed E-state index contributed by atoms with van der Waals surface area (Å²) in [5.74, 6) is 0.239. The monoisotopic (exact) mass is 289 g/mol. The number of aromatic nitrogens is 4. The molecule has 5 nitrogen and oxygen atoms in total. The Hall–Kier alpha value is -1.98. The lowest BCUT2D eigenvalue weighted by molar-refractivity contribution is 0.185. The second kappa shape index (κ2) is 5.09. The number of hydrogen-bond acceptors (Lipinski definition) is 4. The summed E-state index contributed by atoms with van der Waals surface area (Å²) in [5.41, 5.74) is 6.90. The molecule has 0 bridgehead atoms. The van der Waals surface area contributed by atoms with Gasteiger partial charge >= 0.3 is 0 Å². The standard InChI is InChI=1S/C15H20FN5/c1-15(2)7-5-11(6-8-15)21-14(18-19-20-21)10-3-4-12(16)13(17)9-10/h3-4,9,11H,5-8,17H2,1-2H3. The average Bonchev–Trinajstić information content (AvgIpc) is 2.91. The van der Waals surface area contributed by atoms with Crippen LogP contribution in [0.4, 0.5) is 10.1 Å². The van der Waals surface area contributed by atoms with E-state index in [1.165, 1.54) is 6.07 Å². The first-order chi connectivity index (χ1) is 9.96. The molecule has 0 atom stereocenters. The maximum atomic E-state index is 13.3. The highest BCUT2D eigenvalue weighted by molar-refractivity contribution is 5.61. The molecule has 0 saturated heterocycles. The highest BCUT2D eigenvalue weighted by atomic mass is 19.1. The number of anilines is 1. The van der Waals surface area contributed by atoms with Crippen LogP contribution in [0.3, 0.4) is 0 Å². The van der Waals surface area contributed by atoms with E-state index in [4.69, 9.17) is 5.73 Å². The van der Waals surface area contributed by atoms with Crippen LogP contribution in [0.2, 0.25) is 0 Å². The average molecular weight is 289 g/mol. The molecule has 3 rings (SSSR count). The minimum Gasteiger partial charge on any atom is -0.396 e. The van der Waals surface area contributed by atoms with E-state index >= 15 is 0 Å². The molecule has 1 aromatic heterocycles. The molecule has 0 spiro atoms. The molecule has 1 aromatic carbocycles. The number of nitrogen functional groups attached to an aromatic ring is 1. The maximum absolute atomic E-state index is 13.3. The Morgan fingerprint density at radius 3 is 2.67 bits per heavy atom. The summed E-state index contributed by atoms with van der Waals surface area (Å²) >= 11 is 0. The highest BCUT2D eigenvalue weighted by Crippen LogP contribution is 2.40. The van der Waals surface area contributed by atoms with Gasteiger partial charge in [-0.05, 0) is 59.7 Å². The van der Waals surface area contributed by atoms with Gasteiger partial charge in [0.2, 0.25) is 0 Å². The van der Waals surface area contributed by atoms with Gasteiger partial charge in [0, 0.05) is 5.56 Å². The van der Waals surface area contributed by atoms with Crippen molar-refractivity contribution in [3.63, 3.8) is 0 Å². The van der Waals surface area contributed by atoms with Gasteiger partial charge in [0.25, 0.3) is 0 Å². The van der Waals surface area contributed by atoms with Crippen LogP contribution in [0, 0.1) is 11.2 Å². The van der Waals surface area contributed by atoms with Crippen LogP contribution in [-0.4, -0.2) is 20.2 Å². The van der Waals surface area contributed by atoms with Crippen molar-refractivity contribution in [3.8, 4) is 11.4 Å². The first-order valence-corrected chi connectivity index (χ1v) is 7.29. The van der Waals surface area contributed by atoms with E-state index < -0.39 is 5.82 Å². The predicted octanol–water partition coefficient (Wildman–Crippen LogP) is 3.20. The lowest BCUT2D eigenvalue weighted by atomic mass is 9.75. The van der Waals surface area contributed by atoms with Crippen LogP contribution in [-0.2, 0) is 0 Å². The Kier molecular flexibility index (Phi) is 3.39. The number of nitrogens with zero attached hydrogens (tertiary/aromatic N) is 4. The molecule has 2 N–H and O–H groups in total. The van der Waals surface area contributed by atoms with E-state index in [1.807, 2.05) is 4.68 Å². The molecule has 1 saturated carbocycles. The van der Waals surface area contributed by atoms with Gasteiger partial charge in [0.1, 0.15) is 5.82 Å². The fourth-order valence-corrected chi connectivity index (χ4v) is 2.94. The van der Waals surface area contributed by atoms with Crippen molar-refractivity contribution < 1.29 is 4.39 Å². The van der Waals surface area contributed by atoms with Crippen molar-refractivity contribution in [1.29, 1.82) is 0 Å². The van der Waals surface area contributed by atoms with Crippen LogP contribution in [0.15, 0.2) is 18.2 Å². The zero-order valence-electron chi connectivity index (χ0n) is 12.4. The third-order valence-electron chi connectivity index (χ3n) is 4.40. The summed E-state index contributed by atoms with van der Waals surface area (Å²) in [7, 11) is 0. The van der Waals surface area contributed by atoms with E-state index in [2.05, 4.69) is 29.4 Å². The highest BCUT2D eigenvalue weighted by Gasteiger charge is 2.29. The van der Waals surface area contributed by atoms with Gasteiger partial charge in [0.05, 0.1) is 11.7 Å². The topological polar surface area (TPSA) is 69.6 Å². The van der Waals surface area contributed by atoms with Crippen molar-refractivity contribution in [3.05, 3.63) is 24.0 Å². The number of halogens is 1. The summed E-state index contributed by atoms with van der Waals surface area (Å²) in [6, 6.07) is 4.91. The van der Waals surface area contributed by atoms with Gasteiger partial charge in [0.15, 0.2) is 5.82 Å². The lowest BCUT2D eigenvalue weighted by Gasteiger charge is -2.34. The van der Waals surface area contributed by atoms with E-state index in [-0.39, 0.29) is 5.69 Å². The first-order valence-electron chi connectivity index (χ1n) is 7.29. The second-order valence-electron chi connectivity index (χ2n) is 6.58. The van der Waals surface area contributed by atoms with E-state index in [9.17, 15) is 4.39 Å². The lowest BCUT2D eigenvalue weighted by Crippen LogP contribution is -2.24. The third-order valence-corrected chi connectivity index (χ3v) is 4.40. The number of benzene rings is 1. The summed E-state index contributed by atoms with van der Waals surface area (Å²) in [5, 5.41) is 12.0. The normalized spacial score (nSPS) is 18.8. The smallest absolute Gasteiger partial charge is 0.182 e. The molecule has 1 fully saturated rings. The molecule has 1 aliphatic rings. The zero-order valence-corrected chi connectivity index (χ0v) is 12.4. The fraction of sp³-hybridized carbons (Fsp3) is 0.533. The maximum Gasteiger partial charge on any atom is 0.182 e. The van der Waals surface area contributed by atoms with Crippen molar-refractivity contribution in [1.82, 2.24) is 20.2 Å². The van der Waals surface area contributed by atoms with Gasteiger partial charge in [-0.25, -0.2) is 9.07 Å². The Balaban J connectivity index is 1.89. The molecule has 0 radical (unpaired) electrons. The number of tetrazole rings is 1. The number of hydrogen-bond donors (Lipinski definition) is 1. The SMILES string of the molecule is CC1(C)CCC(n2nnnc2-c2ccc(F)c(N)c2)CC1. The Morgan fingerprint density at radius 2 is 2.00 bits per heavy atom. The second-order valence-corrected chi connectivity index (χ2v) is 6.58. The molecule has 0 unspecified atom stereocenters. The Labute approximate surface area is 123 Å². The quantitative estimate of drug-likeness (QED) is 0.862. The molecule has 0 amide bonds. The minimum atomic E-state index is -0.419. The molecule has 21 heavy (non-hydrogen) atoms. The number of rotatable bonds is 2. The minimum absolute atomic E-state index is 0.117. The van der Waals surface area contributed by atoms with Gasteiger partial charge in [-0.2, -0.15) is 0 Å². The fourth-order valence-electron chi connectivity index (χ4n) is 2.94. The summed E-state index contributed by atoms with van der Waals surface area (Å²) in [6.07, 6.45) is 4.43. The molecule has 1 aliphatic carbocycles. The third kappa shape index (κ3) is 2.75. The van der Waals surface area contributed by atoms with Crippen LogP contribution in [0.5, 0.6) is 0 Å². The van der Waals surface area contributed by atoms with Gasteiger partial charge in [-0.3, -0.25) is 0 Å². The summed E-state index contributed by atoms with van der Waals surface area (Å²) in [6.45, 7) is 4.59. The largest absolute Gasteiger partial charge is 0.396 e. The summed E-state index contributed by atoms with van der Waals surface area (Å²) in [4.78, 5) is 0. The zero-order chi connectivity index (χ0) is 15.0. The number of nitrogens with two attached hydrogens (primary N) is 1. The molecule has 112 valence electrons. The molecule has 2 aromatic rings. The van der Waals surface area contributed by atoms with Crippen molar-refractivity contribution in [2.75, 3.05) is 5.73 Å². The van der Waals surface area contributed by atoms with Crippen molar-refractivity contribution in [2.24, 2.45) is 5.41 Å². The van der Waals surface area contributed by atoms with Gasteiger partial charge in [-0.15, -0.1) is 5.10 Å². The summed E-state index contributed by atoms with van der Waals surface area (Å²) < 4.78 is 15.2. The molecular formula is C15H20FN5. The van der Waals surface area contributed by atoms with Crippen LogP contribution >= 0.6 is 0 Å². The molecular weight excluding hydrogens is 269 g/mol. The van der Waals surface area contributed by atoms with Crippen molar-refractivity contribution in [2.45, 2.75) is 45.6 Å². The Bertz CT molecular complexity index is 639. The molecule has 0 aliphatic heterocycles. The predicted molar refractivity (Wildman–Crippen MR) is 78.9 cm³/mol. The van der Waals surface area contributed by atoms with Gasteiger partial charge in [-0.1, -0.05) is 13.8 Å². The molecule has 1 heterocycles. The first kappa shape index (κ1) is 14.0. The Morgan fingerprint density at radius 1 is 1.29 bits per heavy atom. The van der Waals surface area contributed by atoms with Gasteiger partial charge < -0.3 is 5.73 Å². The van der Waals surface area contributed by atoms with Crippen LogP contribution < -0.4 is 5.73 Å². The molecule has 6 heteroatoms. The van der Waals surface area contributed by atoms with E-state index in [0.717, 1.165) is 31.2 Å². The van der Waals surface area contributed by atoms with Crippen molar-refractivity contribution >= 4 is 5.69 Å². The van der Waals surface area contributed by atoms with E-state index in [0.29, 0.717) is 17.3 Å². The van der Waals surface area contributed by atoms with E-state index in [1.54, 1.807) is 12.1 Å². The van der Waals surface area contributed by atoms with Crippen LogP contribution in [0.25, 0.3) is 11.4 Å². The van der Waals surface area contributed by atoms with Crippen LogP contribution in [0.1, 0.15) is 45.6 Å².